The van der Waals surface area contributed by atoms with Crippen LogP contribution in [0.2, 0.25) is 0 Å². The summed E-state index contributed by atoms with van der Waals surface area (Å²) in [6.45, 7) is 3.06. The van der Waals surface area contributed by atoms with Crippen molar-refractivity contribution >= 4 is 11.8 Å². The van der Waals surface area contributed by atoms with Crippen molar-refractivity contribution in [1.29, 1.82) is 0 Å². The summed E-state index contributed by atoms with van der Waals surface area (Å²) in [5.74, 6) is 0.662. The lowest BCUT2D eigenvalue weighted by molar-refractivity contribution is -0.124. The molecule has 0 unspecified atom stereocenters. The van der Waals surface area contributed by atoms with Crippen molar-refractivity contribution < 1.29 is 19.1 Å². The van der Waals surface area contributed by atoms with E-state index in [0.717, 1.165) is 6.42 Å². The van der Waals surface area contributed by atoms with Gasteiger partial charge in [0.1, 0.15) is 6.04 Å². The summed E-state index contributed by atoms with van der Waals surface area (Å²) in [7, 11) is 1.52. The summed E-state index contributed by atoms with van der Waals surface area (Å²) in [6, 6.07) is 4.49. The Hall–Kier alpha value is -2.24. The molecular weight excluding hydrogens is 272 g/mol. The molecular formula is C15H20N2O4. The Balaban J connectivity index is 2.09. The van der Waals surface area contributed by atoms with Crippen LogP contribution in [-0.4, -0.2) is 38.1 Å². The van der Waals surface area contributed by atoms with E-state index in [1.165, 1.54) is 7.11 Å². The average Bonchev–Trinajstić information content (AvgIpc) is 2.50. The molecule has 0 radical (unpaired) electrons. The number of ether oxygens (including phenoxy) is 2. The van der Waals surface area contributed by atoms with Crippen molar-refractivity contribution in [3.05, 3.63) is 23.8 Å². The van der Waals surface area contributed by atoms with Crippen LogP contribution in [0.3, 0.4) is 0 Å². The first-order valence-corrected chi connectivity index (χ1v) is 7.05. The van der Waals surface area contributed by atoms with Gasteiger partial charge < -0.3 is 20.1 Å². The molecule has 1 saturated heterocycles. The maximum atomic E-state index is 12.2. The van der Waals surface area contributed by atoms with Crippen molar-refractivity contribution in [2.24, 2.45) is 0 Å². The summed E-state index contributed by atoms with van der Waals surface area (Å²) in [5, 5.41) is 5.48. The maximum Gasteiger partial charge on any atom is 0.252 e. The first-order chi connectivity index (χ1) is 10.2. The van der Waals surface area contributed by atoms with Gasteiger partial charge in [-0.3, -0.25) is 9.59 Å². The Morgan fingerprint density at radius 1 is 1.43 bits per heavy atom. The Kier molecular flexibility index (Phi) is 5.03. The maximum absolute atomic E-state index is 12.2. The van der Waals surface area contributed by atoms with E-state index in [0.29, 0.717) is 36.6 Å². The summed E-state index contributed by atoms with van der Waals surface area (Å²) in [6.07, 6.45) is 1.52. The molecule has 21 heavy (non-hydrogen) atoms. The van der Waals surface area contributed by atoms with Gasteiger partial charge in [0.2, 0.25) is 5.91 Å². The van der Waals surface area contributed by atoms with Gasteiger partial charge in [-0.05, 0) is 38.0 Å². The second-order valence-electron chi connectivity index (χ2n) is 4.76. The number of hydrogen-bond acceptors (Lipinski definition) is 4. The minimum absolute atomic E-state index is 0.132. The number of carbonyl (C=O) groups excluding carboxylic acids is 2. The van der Waals surface area contributed by atoms with Gasteiger partial charge in [0.25, 0.3) is 5.91 Å². The summed E-state index contributed by atoms with van der Waals surface area (Å²) >= 11 is 0. The van der Waals surface area contributed by atoms with Crippen molar-refractivity contribution in [2.75, 3.05) is 20.3 Å². The molecule has 1 atom stereocenters. The van der Waals surface area contributed by atoms with E-state index in [1.807, 2.05) is 6.92 Å². The van der Waals surface area contributed by atoms with Crippen LogP contribution in [0.1, 0.15) is 30.1 Å². The van der Waals surface area contributed by atoms with Crippen LogP contribution in [0.5, 0.6) is 11.5 Å². The van der Waals surface area contributed by atoms with Gasteiger partial charge in [-0.25, -0.2) is 0 Å². The van der Waals surface area contributed by atoms with Gasteiger partial charge in [-0.15, -0.1) is 0 Å². The number of nitrogens with one attached hydrogen (secondary N) is 2. The van der Waals surface area contributed by atoms with Crippen LogP contribution in [0, 0.1) is 0 Å². The molecule has 0 aromatic heterocycles. The molecule has 2 N–H and O–H groups in total. The zero-order valence-corrected chi connectivity index (χ0v) is 12.3. The summed E-state index contributed by atoms with van der Waals surface area (Å²) < 4.78 is 10.6. The monoisotopic (exact) mass is 292 g/mol. The number of methoxy groups -OCH3 is 1. The standard InChI is InChI=1S/C15H20N2O4/c1-3-21-12-7-6-10(9-13(12)20-2)14(18)17-11-5-4-8-16-15(11)19/h6-7,9,11H,3-5,8H2,1-2H3,(H,16,19)(H,17,18)/t11-/m1/s1. The van der Waals surface area contributed by atoms with Crippen molar-refractivity contribution in [3.63, 3.8) is 0 Å². The molecule has 0 spiro atoms. The summed E-state index contributed by atoms with van der Waals surface area (Å²) in [5.41, 5.74) is 0.439. The van der Waals surface area contributed by atoms with Crippen LogP contribution in [0.15, 0.2) is 18.2 Å². The normalized spacial score (nSPS) is 17.8. The van der Waals surface area contributed by atoms with E-state index in [-0.39, 0.29) is 11.8 Å². The first kappa shape index (κ1) is 15.2. The highest BCUT2D eigenvalue weighted by Crippen LogP contribution is 2.28. The fourth-order valence-electron chi connectivity index (χ4n) is 2.23. The number of rotatable bonds is 5. The second kappa shape index (κ2) is 6.97. The molecule has 0 aliphatic carbocycles. The molecule has 1 heterocycles. The van der Waals surface area contributed by atoms with Crippen molar-refractivity contribution in [2.45, 2.75) is 25.8 Å². The molecule has 114 valence electrons. The Morgan fingerprint density at radius 3 is 2.90 bits per heavy atom. The van der Waals surface area contributed by atoms with Gasteiger partial charge in [0.05, 0.1) is 13.7 Å². The molecule has 1 aliphatic rings. The van der Waals surface area contributed by atoms with E-state index < -0.39 is 6.04 Å². The highest BCUT2D eigenvalue weighted by molar-refractivity contribution is 5.98. The second-order valence-corrected chi connectivity index (χ2v) is 4.76. The number of hydrogen-bond donors (Lipinski definition) is 2. The third-order valence-electron chi connectivity index (χ3n) is 3.32. The third-order valence-corrected chi connectivity index (χ3v) is 3.32. The number of benzene rings is 1. The Bertz CT molecular complexity index is 530. The molecule has 1 aromatic carbocycles. The molecule has 1 aliphatic heterocycles. The zero-order chi connectivity index (χ0) is 15.2. The zero-order valence-electron chi connectivity index (χ0n) is 12.3. The highest BCUT2D eigenvalue weighted by Gasteiger charge is 2.24. The minimum atomic E-state index is -0.469. The lowest BCUT2D eigenvalue weighted by Crippen LogP contribution is -2.50. The van der Waals surface area contributed by atoms with E-state index in [9.17, 15) is 9.59 Å². The smallest absolute Gasteiger partial charge is 0.252 e. The van der Waals surface area contributed by atoms with Crippen molar-refractivity contribution in [3.8, 4) is 11.5 Å². The summed E-state index contributed by atoms with van der Waals surface area (Å²) in [4.78, 5) is 23.9. The Labute approximate surface area is 123 Å². The predicted octanol–water partition coefficient (Wildman–Crippen LogP) is 1.10. The molecule has 1 aromatic rings. The molecule has 6 heteroatoms. The average molecular weight is 292 g/mol. The van der Waals surface area contributed by atoms with Crippen LogP contribution in [0.25, 0.3) is 0 Å². The third kappa shape index (κ3) is 3.65. The van der Waals surface area contributed by atoms with E-state index in [4.69, 9.17) is 9.47 Å². The first-order valence-electron chi connectivity index (χ1n) is 7.05. The predicted molar refractivity (Wildman–Crippen MR) is 77.7 cm³/mol. The molecule has 0 bridgehead atoms. The van der Waals surface area contributed by atoms with E-state index in [2.05, 4.69) is 10.6 Å². The molecule has 0 saturated carbocycles. The van der Waals surface area contributed by atoms with Crippen LogP contribution in [0.4, 0.5) is 0 Å². The molecule has 1 fully saturated rings. The highest BCUT2D eigenvalue weighted by atomic mass is 16.5. The molecule has 2 amide bonds. The SMILES string of the molecule is CCOc1ccc(C(=O)N[C@@H]2CCCNC2=O)cc1OC. The van der Waals surface area contributed by atoms with E-state index in [1.54, 1.807) is 18.2 Å². The van der Waals surface area contributed by atoms with Gasteiger partial charge in [-0.2, -0.15) is 0 Å². The quantitative estimate of drug-likeness (QED) is 0.852. The fourth-order valence-corrected chi connectivity index (χ4v) is 2.23. The minimum Gasteiger partial charge on any atom is -0.493 e. The molecule has 2 rings (SSSR count). The Morgan fingerprint density at radius 2 is 2.24 bits per heavy atom. The van der Waals surface area contributed by atoms with Crippen molar-refractivity contribution in [1.82, 2.24) is 10.6 Å². The van der Waals surface area contributed by atoms with Gasteiger partial charge in [0, 0.05) is 12.1 Å². The van der Waals surface area contributed by atoms with Gasteiger partial charge in [-0.1, -0.05) is 0 Å². The lowest BCUT2D eigenvalue weighted by atomic mass is 10.1. The lowest BCUT2D eigenvalue weighted by Gasteiger charge is -2.22. The van der Waals surface area contributed by atoms with Gasteiger partial charge >= 0.3 is 0 Å². The largest absolute Gasteiger partial charge is 0.493 e. The number of carbonyl (C=O) groups is 2. The van der Waals surface area contributed by atoms with Crippen LogP contribution in [-0.2, 0) is 4.79 Å². The number of piperidine rings is 1. The van der Waals surface area contributed by atoms with Crippen LogP contribution < -0.4 is 20.1 Å². The van der Waals surface area contributed by atoms with Crippen LogP contribution >= 0.6 is 0 Å². The molecule has 6 nitrogen and oxygen atoms in total. The number of amides is 2. The topological polar surface area (TPSA) is 76.7 Å². The van der Waals surface area contributed by atoms with E-state index >= 15 is 0 Å². The van der Waals surface area contributed by atoms with Gasteiger partial charge in [0.15, 0.2) is 11.5 Å². The fraction of sp³-hybridized carbons (Fsp3) is 0.467.